The Hall–Kier alpha value is -2.02. The fraction of sp³-hybridized carbons (Fsp3) is 0.231. The summed E-state index contributed by atoms with van der Waals surface area (Å²) in [6, 6.07) is 7.47. The van der Waals surface area contributed by atoms with Gasteiger partial charge in [-0.25, -0.2) is 4.98 Å². The topological polar surface area (TPSA) is 44.2 Å². The summed E-state index contributed by atoms with van der Waals surface area (Å²) in [7, 11) is 0. The number of hydrogen-bond acceptors (Lipinski definition) is 4. The molecular weight excluding hydrogens is 309 g/mol. The number of aromatic nitrogens is 2. The first-order chi connectivity index (χ1) is 9.88. The summed E-state index contributed by atoms with van der Waals surface area (Å²) >= 11 is 5.54. The molecule has 0 saturated carbocycles. The van der Waals surface area contributed by atoms with Gasteiger partial charge in [0.05, 0.1) is 6.61 Å². The molecular formula is C13H10ClF3N2O2. The normalized spacial score (nSPS) is 11.3. The minimum Gasteiger partial charge on any atom is -0.494 e. The van der Waals surface area contributed by atoms with Gasteiger partial charge in [0, 0.05) is 6.07 Å². The molecule has 21 heavy (non-hydrogen) atoms. The molecule has 1 heterocycles. The van der Waals surface area contributed by atoms with Crippen molar-refractivity contribution in [2.24, 2.45) is 0 Å². The van der Waals surface area contributed by atoms with E-state index in [1.807, 2.05) is 6.92 Å². The van der Waals surface area contributed by atoms with E-state index in [4.69, 9.17) is 21.1 Å². The van der Waals surface area contributed by atoms with Crippen molar-refractivity contribution in [2.75, 3.05) is 6.61 Å². The first kappa shape index (κ1) is 15.4. The van der Waals surface area contributed by atoms with Crippen LogP contribution in [0.2, 0.25) is 5.15 Å². The Morgan fingerprint density at radius 2 is 1.71 bits per heavy atom. The second kappa shape index (κ2) is 6.17. The lowest BCUT2D eigenvalue weighted by molar-refractivity contribution is -0.145. The van der Waals surface area contributed by atoms with Gasteiger partial charge in [0.2, 0.25) is 11.7 Å². The molecule has 1 aromatic heterocycles. The van der Waals surface area contributed by atoms with Crippen LogP contribution in [-0.2, 0) is 6.18 Å². The second-order valence-electron chi connectivity index (χ2n) is 3.86. The van der Waals surface area contributed by atoms with Crippen LogP contribution >= 0.6 is 11.6 Å². The maximum atomic E-state index is 12.6. The molecule has 1 aromatic carbocycles. The summed E-state index contributed by atoms with van der Waals surface area (Å²) in [5, 5.41) is -0.349. The van der Waals surface area contributed by atoms with E-state index >= 15 is 0 Å². The van der Waals surface area contributed by atoms with Crippen molar-refractivity contribution in [3.8, 4) is 17.4 Å². The van der Waals surface area contributed by atoms with Crippen molar-refractivity contribution in [1.82, 2.24) is 9.97 Å². The van der Waals surface area contributed by atoms with E-state index in [0.717, 1.165) is 6.07 Å². The van der Waals surface area contributed by atoms with Crippen LogP contribution in [-0.4, -0.2) is 16.6 Å². The summed E-state index contributed by atoms with van der Waals surface area (Å²) in [6.07, 6.45) is -4.69. The third-order valence-corrected chi connectivity index (χ3v) is 2.48. The average molecular weight is 319 g/mol. The van der Waals surface area contributed by atoms with Gasteiger partial charge in [-0.2, -0.15) is 18.2 Å². The molecule has 0 saturated heterocycles. The van der Waals surface area contributed by atoms with Gasteiger partial charge in [-0.3, -0.25) is 0 Å². The minimum atomic E-state index is -4.69. The van der Waals surface area contributed by atoms with Crippen LogP contribution in [0.5, 0.6) is 17.4 Å². The highest BCUT2D eigenvalue weighted by Crippen LogP contribution is 2.30. The molecule has 0 amide bonds. The molecule has 2 rings (SSSR count). The summed E-state index contributed by atoms with van der Waals surface area (Å²) in [5.41, 5.74) is 0. The fourth-order valence-corrected chi connectivity index (χ4v) is 1.64. The highest BCUT2D eigenvalue weighted by Gasteiger charge is 2.35. The highest BCUT2D eigenvalue weighted by atomic mass is 35.5. The Morgan fingerprint density at radius 1 is 1.10 bits per heavy atom. The van der Waals surface area contributed by atoms with Crippen LogP contribution in [0.3, 0.4) is 0 Å². The predicted octanol–water partition coefficient (Wildman–Crippen LogP) is 4.34. The molecule has 0 atom stereocenters. The zero-order chi connectivity index (χ0) is 15.5. The van der Waals surface area contributed by atoms with E-state index in [1.54, 1.807) is 24.3 Å². The number of hydrogen-bond donors (Lipinski definition) is 0. The number of benzene rings is 1. The Bertz CT molecular complexity index is 618. The Labute approximate surface area is 123 Å². The van der Waals surface area contributed by atoms with Crippen LogP contribution in [0.4, 0.5) is 13.2 Å². The minimum absolute atomic E-state index is 0.286. The molecule has 0 N–H and O–H groups in total. The monoisotopic (exact) mass is 318 g/mol. The van der Waals surface area contributed by atoms with Crippen molar-refractivity contribution in [3.63, 3.8) is 0 Å². The standard InChI is InChI=1S/C13H10ClF3N2O2/c1-2-20-8-3-5-9(6-4-8)21-11-7-10(14)18-12(19-11)13(15,16)17/h3-7H,2H2,1H3. The molecule has 0 aliphatic carbocycles. The number of rotatable bonds is 4. The van der Waals surface area contributed by atoms with Gasteiger partial charge in [0.25, 0.3) is 0 Å². The van der Waals surface area contributed by atoms with Crippen LogP contribution in [0.25, 0.3) is 0 Å². The van der Waals surface area contributed by atoms with Gasteiger partial charge < -0.3 is 9.47 Å². The summed E-state index contributed by atoms with van der Waals surface area (Å²) in [5.74, 6) is -0.703. The Kier molecular flexibility index (Phi) is 4.52. The highest BCUT2D eigenvalue weighted by molar-refractivity contribution is 6.29. The van der Waals surface area contributed by atoms with Gasteiger partial charge in [0.1, 0.15) is 16.7 Å². The largest absolute Gasteiger partial charge is 0.494 e. The van der Waals surface area contributed by atoms with Crippen molar-refractivity contribution in [2.45, 2.75) is 13.1 Å². The molecule has 0 aliphatic rings. The van der Waals surface area contributed by atoms with Gasteiger partial charge in [-0.1, -0.05) is 11.6 Å². The van der Waals surface area contributed by atoms with E-state index in [1.165, 1.54) is 0 Å². The van der Waals surface area contributed by atoms with Crippen molar-refractivity contribution in [1.29, 1.82) is 0 Å². The number of halogens is 4. The summed E-state index contributed by atoms with van der Waals surface area (Å²) < 4.78 is 48.2. The smallest absolute Gasteiger partial charge is 0.451 e. The van der Waals surface area contributed by atoms with Crippen LogP contribution < -0.4 is 9.47 Å². The number of nitrogens with zero attached hydrogens (tertiary/aromatic N) is 2. The Balaban J connectivity index is 2.21. The maximum absolute atomic E-state index is 12.6. The SMILES string of the molecule is CCOc1ccc(Oc2cc(Cl)nc(C(F)(F)F)n2)cc1. The molecule has 2 aromatic rings. The molecule has 0 aliphatic heterocycles. The third-order valence-electron chi connectivity index (χ3n) is 2.28. The zero-order valence-corrected chi connectivity index (χ0v) is 11.6. The van der Waals surface area contributed by atoms with E-state index < -0.39 is 12.0 Å². The fourth-order valence-electron chi connectivity index (χ4n) is 1.47. The van der Waals surface area contributed by atoms with Crippen LogP contribution in [0, 0.1) is 0 Å². The number of alkyl halides is 3. The van der Waals surface area contributed by atoms with Gasteiger partial charge >= 0.3 is 6.18 Å². The van der Waals surface area contributed by atoms with E-state index in [2.05, 4.69) is 9.97 Å². The van der Waals surface area contributed by atoms with E-state index in [9.17, 15) is 13.2 Å². The van der Waals surface area contributed by atoms with Gasteiger partial charge in [0.15, 0.2) is 0 Å². The first-order valence-corrected chi connectivity index (χ1v) is 6.29. The van der Waals surface area contributed by atoms with Crippen LogP contribution in [0.15, 0.2) is 30.3 Å². The second-order valence-corrected chi connectivity index (χ2v) is 4.24. The van der Waals surface area contributed by atoms with Crippen LogP contribution in [0.1, 0.15) is 12.7 Å². The van der Waals surface area contributed by atoms with Crippen molar-refractivity contribution in [3.05, 3.63) is 41.3 Å². The molecule has 8 heteroatoms. The molecule has 0 unspecified atom stereocenters. The van der Waals surface area contributed by atoms with Gasteiger partial charge in [-0.15, -0.1) is 0 Å². The van der Waals surface area contributed by atoms with E-state index in [0.29, 0.717) is 18.1 Å². The molecule has 0 bridgehead atoms. The average Bonchev–Trinajstić information content (AvgIpc) is 2.40. The predicted molar refractivity (Wildman–Crippen MR) is 69.7 cm³/mol. The molecule has 112 valence electrons. The lowest BCUT2D eigenvalue weighted by Gasteiger charge is -2.09. The van der Waals surface area contributed by atoms with E-state index in [-0.39, 0.29) is 11.0 Å². The third kappa shape index (κ3) is 4.22. The van der Waals surface area contributed by atoms with Gasteiger partial charge in [-0.05, 0) is 31.2 Å². The molecule has 4 nitrogen and oxygen atoms in total. The Morgan fingerprint density at radius 3 is 2.29 bits per heavy atom. The quantitative estimate of drug-likeness (QED) is 0.787. The molecule has 0 spiro atoms. The number of ether oxygens (including phenoxy) is 2. The summed E-state index contributed by atoms with van der Waals surface area (Å²) in [4.78, 5) is 6.40. The van der Waals surface area contributed by atoms with Crippen molar-refractivity contribution >= 4 is 11.6 Å². The first-order valence-electron chi connectivity index (χ1n) is 5.91. The molecule has 0 fully saturated rings. The molecule has 0 radical (unpaired) electrons. The van der Waals surface area contributed by atoms with Crippen molar-refractivity contribution < 1.29 is 22.6 Å². The zero-order valence-electron chi connectivity index (χ0n) is 10.8. The lowest BCUT2D eigenvalue weighted by atomic mass is 10.3. The maximum Gasteiger partial charge on any atom is 0.451 e. The lowest BCUT2D eigenvalue weighted by Crippen LogP contribution is -2.11. The summed E-state index contributed by atoms with van der Waals surface area (Å²) in [6.45, 7) is 2.35.